The Morgan fingerprint density at radius 2 is 2.06 bits per heavy atom. The number of pyridine rings is 1. The van der Waals surface area contributed by atoms with Gasteiger partial charge in [-0.05, 0) is 19.4 Å². The van der Waals surface area contributed by atoms with Crippen molar-refractivity contribution >= 4 is 11.6 Å². The van der Waals surface area contributed by atoms with Gasteiger partial charge in [-0.3, -0.25) is 0 Å². The van der Waals surface area contributed by atoms with Gasteiger partial charge in [0.2, 0.25) is 5.88 Å². The van der Waals surface area contributed by atoms with E-state index in [1.165, 1.54) is 0 Å². The molecule has 1 heterocycles. The number of alkyl halides is 3. The fourth-order valence-corrected chi connectivity index (χ4v) is 1.57. The van der Waals surface area contributed by atoms with E-state index in [9.17, 15) is 13.2 Å². The number of nitrogens with zero attached hydrogens (tertiary/aromatic N) is 1. The number of hydrogen-bond donors (Lipinski definition) is 0. The van der Waals surface area contributed by atoms with Gasteiger partial charge in [0.1, 0.15) is 5.15 Å². The maximum atomic E-state index is 12.5. The minimum absolute atomic E-state index is 0.0919. The fraction of sp³-hybridized carbons (Fsp3) is 0.545. The molecule has 1 aromatic heterocycles. The van der Waals surface area contributed by atoms with Gasteiger partial charge < -0.3 is 4.74 Å². The number of hydrogen-bond acceptors (Lipinski definition) is 2. The molecular weight excluding hydrogens is 255 g/mol. The summed E-state index contributed by atoms with van der Waals surface area (Å²) in [4.78, 5) is 3.71. The molecule has 0 saturated heterocycles. The summed E-state index contributed by atoms with van der Waals surface area (Å²) in [5, 5.41) is -0.224. The zero-order valence-corrected chi connectivity index (χ0v) is 10.3. The van der Waals surface area contributed by atoms with Crippen LogP contribution in [0.25, 0.3) is 0 Å². The van der Waals surface area contributed by atoms with Crippen molar-refractivity contribution in [2.75, 3.05) is 0 Å². The average Bonchev–Trinajstić information content (AvgIpc) is 2.15. The molecule has 0 aliphatic carbocycles. The summed E-state index contributed by atoms with van der Waals surface area (Å²) in [6, 6.07) is 1.64. The molecule has 6 heteroatoms. The summed E-state index contributed by atoms with van der Waals surface area (Å²) in [5.41, 5.74) is -0.851. The van der Waals surface area contributed by atoms with Crippen LogP contribution >= 0.6 is 11.6 Å². The average molecular weight is 268 g/mol. The first-order valence-corrected chi connectivity index (χ1v) is 5.62. The van der Waals surface area contributed by atoms with Gasteiger partial charge >= 0.3 is 6.18 Å². The van der Waals surface area contributed by atoms with Gasteiger partial charge in [-0.1, -0.05) is 24.9 Å². The van der Waals surface area contributed by atoms with Crippen LogP contribution in [0.4, 0.5) is 13.2 Å². The van der Waals surface area contributed by atoms with E-state index in [2.05, 4.69) is 4.98 Å². The van der Waals surface area contributed by atoms with Crippen molar-refractivity contribution in [1.29, 1.82) is 0 Å². The second-order valence-electron chi connectivity index (χ2n) is 3.73. The van der Waals surface area contributed by atoms with Gasteiger partial charge in [-0.2, -0.15) is 13.2 Å². The molecule has 1 atom stereocenters. The predicted molar refractivity (Wildman–Crippen MR) is 59.2 cm³/mol. The molecule has 0 spiro atoms. The van der Waals surface area contributed by atoms with E-state index in [1.54, 1.807) is 6.92 Å². The highest BCUT2D eigenvalue weighted by atomic mass is 35.5. The van der Waals surface area contributed by atoms with Gasteiger partial charge in [0.05, 0.1) is 11.7 Å². The Labute approximate surface area is 103 Å². The molecule has 1 rings (SSSR count). The third-order valence-corrected chi connectivity index (χ3v) is 2.31. The number of aromatic nitrogens is 1. The van der Waals surface area contributed by atoms with Crippen molar-refractivity contribution in [3.8, 4) is 5.88 Å². The van der Waals surface area contributed by atoms with Crippen LogP contribution in [0.15, 0.2) is 12.1 Å². The van der Waals surface area contributed by atoms with E-state index in [0.29, 0.717) is 0 Å². The first-order chi connectivity index (χ1) is 7.82. The molecule has 0 amide bonds. The third-order valence-electron chi connectivity index (χ3n) is 2.12. The molecule has 1 unspecified atom stereocenters. The monoisotopic (exact) mass is 267 g/mol. The third kappa shape index (κ3) is 4.42. The highest BCUT2D eigenvalue weighted by Gasteiger charge is 2.31. The quantitative estimate of drug-likeness (QED) is 0.758. The van der Waals surface area contributed by atoms with E-state index in [0.717, 1.165) is 25.0 Å². The van der Waals surface area contributed by atoms with Crippen molar-refractivity contribution in [1.82, 2.24) is 4.98 Å². The lowest BCUT2D eigenvalue weighted by atomic mass is 10.2. The van der Waals surface area contributed by atoms with Crippen LogP contribution in [0, 0.1) is 0 Å². The number of ether oxygens (including phenoxy) is 1. The Morgan fingerprint density at radius 3 is 2.59 bits per heavy atom. The zero-order chi connectivity index (χ0) is 13.1. The largest absolute Gasteiger partial charge is 0.475 e. The van der Waals surface area contributed by atoms with E-state index in [-0.39, 0.29) is 17.1 Å². The van der Waals surface area contributed by atoms with Gasteiger partial charge in [0.25, 0.3) is 0 Å². The Morgan fingerprint density at radius 1 is 1.41 bits per heavy atom. The molecule has 0 radical (unpaired) electrons. The van der Waals surface area contributed by atoms with Gasteiger partial charge in [0, 0.05) is 6.07 Å². The molecule has 0 fully saturated rings. The summed E-state index contributed by atoms with van der Waals surface area (Å²) in [7, 11) is 0. The molecule has 0 saturated carbocycles. The normalized spacial score (nSPS) is 13.5. The van der Waals surface area contributed by atoms with Crippen molar-refractivity contribution in [2.45, 2.75) is 39.0 Å². The van der Waals surface area contributed by atoms with Crippen LogP contribution in [-0.2, 0) is 6.18 Å². The number of rotatable bonds is 4. The molecule has 17 heavy (non-hydrogen) atoms. The predicted octanol–water partition coefficient (Wildman–Crippen LogP) is 4.32. The van der Waals surface area contributed by atoms with Crippen molar-refractivity contribution in [3.63, 3.8) is 0 Å². The Kier molecular flexibility index (Phi) is 4.62. The molecule has 2 nitrogen and oxygen atoms in total. The lowest BCUT2D eigenvalue weighted by Crippen LogP contribution is -2.13. The first kappa shape index (κ1) is 14.1. The fourth-order valence-electron chi connectivity index (χ4n) is 1.37. The minimum atomic E-state index is -4.45. The Bertz CT molecular complexity index is 381. The topological polar surface area (TPSA) is 22.1 Å². The van der Waals surface area contributed by atoms with Crippen LogP contribution in [-0.4, -0.2) is 11.1 Å². The van der Waals surface area contributed by atoms with E-state index in [1.807, 2.05) is 6.92 Å². The molecular formula is C11H13ClF3NO. The second kappa shape index (κ2) is 5.58. The Balaban J connectivity index is 2.90. The molecule has 1 aromatic rings. The smallest absolute Gasteiger partial charge is 0.416 e. The Hall–Kier alpha value is -0.970. The molecule has 0 aliphatic rings. The van der Waals surface area contributed by atoms with Crippen LogP contribution in [0.2, 0.25) is 5.15 Å². The number of halogens is 4. The summed E-state index contributed by atoms with van der Waals surface area (Å²) in [5.74, 6) is -0.0919. The summed E-state index contributed by atoms with van der Waals surface area (Å²) < 4.78 is 42.8. The van der Waals surface area contributed by atoms with Crippen LogP contribution in [0.5, 0.6) is 5.88 Å². The summed E-state index contributed by atoms with van der Waals surface area (Å²) >= 11 is 5.53. The van der Waals surface area contributed by atoms with E-state index in [4.69, 9.17) is 16.3 Å². The molecule has 0 aromatic carbocycles. The second-order valence-corrected chi connectivity index (χ2v) is 4.12. The standard InChI is InChI=1S/C11H13ClF3NO/c1-3-4-7(2)17-10-6-8(11(13,14)15)5-9(12)16-10/h5-7H,3-4H2,1-2H3. The molecule has 0 N–H and O–H groups in total. The summed E-state index contributed by atoms with van der Waals surface area (Å²) in [6.45, 7) is 3.74. The molecule has 0 bridgehead atoms. The van der Waals surface area contributed by atoms with Crippen LogP contribution in [0.3, 0.4) is 0 Å². The first-order valence-electron chi connectivity index (χ1n) is 5.24. The lowest BCUT2D eigenvalue weighted by molar-refractivity contribution is -0.137. The maximum absolute atomic E-state index is 12.5. The minimum Gasteiger partial charge on any atom is -0.475 e. The highest BCUT2D eigenvalue weighted by molar-refractivity contribution is 6.29. The van der Waals surface area contributed by atoms with Crippen LogP contribution in [0.1, 0.15) is 32.3 Å². The van der Waals surface area contributed by atoms with E-state index < -0.39 is 11.7 Å². The molecule has 96 valence electrons. The van der Waals surface area contributed by atoms with E-state index >= 15 is 0 Å². The highest BCUT2D eigenvalue weighted by Crippen LogP contribution is 2.32. The van der Waals surface area contributed by atoms with Crippen molar-refractivity contribution in [2.24, 2.45) is 0 Å². The zero-order valence-electron chi connectivity index (χ0n) is 9.51. The van der Waals surface area contributed by atoms with Gasteiger partial charge in [0.15, 0.2) is 0 Å². The van der Waals surface area contributed by atoms with Crippen LogP contribution < -0.4 is 4.74 Å². The van der Waals surface area contributed by atoms with Crippen molar-refractivity contribution in [3.05, 3.63) is 22.8 Å². The SMILES string of the molecule is CCCC(C)Oc1cc(C(F)(F)F)cc(Cl)n1. The maximum Gasteiger partial charge on any atom is 0.416 e. The lowest BCUT2D eigenvalue weighted by Gasteiger charge is -2.14. The van der Waals surface area contributed by atoms with Gasteiger partial charge in [-0.15, -0.1) is 0 Å². The summed E-state index contributed by atoms with van der Waals surface area (Å²) in [6.07, 6.45) is -3.01. The van der Waals surface area contributed by atoms with Gasteiger partial charge in [-0.25, -0.2) is 4.98 Å². The molecule has 0 aliphatic heterocycles. The van der Waals surface area contributed by atoms with Crippen molar-refractivity contribution < 1.29 is 17.9 Å².